The third-order valence-electron chi connectivity index (χ3n) is 8.31. The lowest BCUT2D eigenvalue weighted by Crippen LogP contribution is -2.23. The molecule has 0 aliphatic carbocycles. The highest BCUT2D eigenvalue weighted by Gasteiger charge is 2.20. The first-order valence-electron chi connectivity index (χ1n) is 15.9. The van der Waals surface area contributed by atoms with Gasteiger partial charge in [0.15, 0.2) is 12.6 Å². The third-order valence-corrected chi connectivity index (χ3v) is 8.31. The van der Waals surface area contributed by atoms with Crippen LogP contribution in [0.1, 0.15) is 75.3 Å². The number of aromatic hydroxyl groups is 1. The van der Waals surface area contributed by atoms with Crippen LogP contribution in [0.3, 0.4) is 0 Å². The summed E-state index contributed by atoms with van der Waals surface area (Å²) in [7, 11) is 0. The maximum atomic E-state index is 9.88. The van der Waals surface area contributed by atoms with Crippen LogP contribution in [0.5, 0.6) is 11.5 Å². The van der Waals surface area contributed by atoms with Crippen molar-refractivity contribution in [1.82, 2.24) is 0 Å². The van der Waals surface area contributed by atoms with Crippen LogP contribution in [0.15, 0.2) is 36.4 Å². The lowest BCUT2D eigenvalue weighted by molar-refractivity contribution is -0.162. The Morgan fingerprint density at radius 1 is 0.683 bits per heavy atom. The molecule has 0 spiro atoms. The van der Waals surface area contributed by atoms with Crippen molar-refractivity contribution in [3.8, 4) is 22.6 Å². The van der Waals surface area contributed by atoms with E-state index < -0.39 is 0 Å². The van der Waals surface area contributed by atoms with Crippen molar-refractivity contribution < 1.29 is 33.5 Å². The van der Waals surface area contributed by atoms with Crippen LogP contribution in [0, 0.1) is 5.92 Å². The van der Waals surface area contributed by atoms with E-state index in [1.807, 2.05) is 12.1 Å². The molecule has 3 heterocycles. The number of hydrogen-bond acceptors (Lipinski definition) is 7. The number of phenolic OH excluding ortho intramolecular Hbond substituents is 1. The Hall–Kier alpha value is -2.16. The van der Waals surface area contributed by atoms with E-state index in [0.29, 0.717) is 25.7 Å². The van der Waals surface area contributed by atoms with Crippen molar-refractivity contribution in [2.45, 2.75) is 89.6 Å². The van der Waals surface area contributed by atoms with Crippen molar-refractivity contribution in [3.63, 3.8) is 0 Å². The Morgan fingerprint density at radius 3 is 1.80 bits per heavy atom. The molecule has 2 aromatic carbocycles. The molecular weight excluding hydrogens is 520 g/mol. The summed E-state index contributed by atoms with van der Waals surface area (Å²) in [6.07, 6.45) is 12.0. The van der Waals surface area contributed by atoms with Gasteiger partial charge in [-0.25, -0.2) is 0 Å². The van der Waals surface area contributed by atoms with Gasteiger partial charge in [-0.2, -0.15) is 0 Å². The lowest BCUT2D eigenvalue weighted by Gasteiger charge is -2.25. The Bertz CT molecular complexity index is 975. The van der Waals surface area contributed by atoms with Crippen molar-refractivity contribution >= 4 is 0 Å². The van der Waals surface area contributed by atoms with E-state index in [-0.39, 0.29) is 18.3 Å². The van der Waals surface area contributed by atoms with Gasteiger partial charge in [-0.05, 0) is 129 Å². The van der Waals surface area contributed by atoms with Crippen LogP contribution in [-0.2, 0) is 36.5 Å². The fourth-order valence-electron chi connectivity index (χ4n) is 5.89. The third kappa shape index (κ3) is 9.69. The maximum Gasteiger partial charge on any atom is 0.157 e. The summed E-state index contributed by atoms with van der Waals surface area (Å²) < 4.78 is 35.9. The van der Waals surface area contributed by atoms with E-state index in [1.165, 1.54) is 24.0 Å². The molecule has 3 saturated heterocycles. The van der Waals surface area contributed by atoms with E-state index in [1.54, 1.807) is 12.1 Å². The molecule has 5 rings (SSSR count). The van der Waals surface area contributed by atoms with Gasteiger partial charge in [0, 0.05) is 26.4 Å². The first kappa shape index (κ1) is 30.3. The smallest absolute Gasteiger partial charge is 0.157 e. The van der Waals surface area contributed by atoms with Crippen molar-refractivity contribution in [2.75, 3.05) is 46.2 Å². The summed E-state index contributed by atoms with van der Waals surface area (Å²) in [5, 5.41) is 9.88. The predicted molar refractivity (Wildman–Crippen MR) is 158 cm³/mol. The van der Waals surface area contributed by atoms with E-state index >= 15 is 0 Å². The number of benzene rings is 2. The second kappa shape index (κ2) is 16.5. The highest BCUT2D eigenvalue weighted by molar-refractivity contribution is 5.68. The Balaban J connectivity index is 1.32. The SMILES string of the molecule is Oc1ccc(-c2cc(CCCOC3CCCCO3)c(OCC3CCOCC3)c(CCCOC3CCCCO3)c2)cc1. The van der Waals surface area contributed by atoms with Crippen LogP contribution in [-0.4, -0.2) is 63.9 Å². The van der Waals surface area contributed by atoms with Gasteiger partial charge in [-0.1, -0.05) is 12.1 Å². The van der Waals surface area contributed by atoms with Crippen molar-refractivity contribution in [2.24, 2.45) is 5.92 Å². The van der Waals surface area contributed by atoms with Gasteiger partial charge in [-0.15, -0.1) is 0 Å². The molecule has 2 aromatic rings. The molecule has 41 heavy (non-hydrogen) atoms. The molecule has 0 radical (unpaired) electrons. The van der Waals surface area contributed by atoms with Gasteiger partial charge in [0.1, 0.15) is 11.5 Å². The number of ether oxygens (including phenoxy) is 6. The zero-order valence-electron chi connectivity index (χ0n) is 24.5. The molecule has 1 N–H and O–H groups in total. The van der Waals surface area contributed by atoms with Gasteiger partial charge < -0.3 is 33.5 Å². The minimum absolute atomic E-state index is 0.0694. The Labute approximate surface area is 245 Å². The van der Waals surface area contributed by atoms with Gasteiger partial charge >= 0.3 is 0 Å². The number of rotatable bonds is 14. The molecule has 7 nitrogen and oxygen atoms in total. The number of aryl methyl sites for hydroxylation is 2. The van der Waals surface area contributed by atoms with Crippen molar-refractivity contribution in [3.05, 3.63) is 47.5 Å². The maximum absolute atomic E-state index is 9.88. The fourth-order valence-corrected chi connectivity index (χ4v) is 5.89. The Morgan fingerprint density at radius 2 is 1.27 bits per heavy atom. The summed E-state index contributed by atoms with van der Waals surface area (Å²) in [5.74, 6) is 1.80. The molecule has 7 heteroatoms. The van der Waals surface area contributed by atoms with Gasteiger partial charge in [0.05, 0.1) is 19.8 Å². The van der Waals surface area contributed by atoms with Crippen LogP contribution in [0.25, 0.3) is 11.1 Å². The zero-order valence-corrected chi connectivity index (χ0v) is 24.5. The summed E-state index contributed by atoms with van der Waals surface area (Å²) in [5.41, 5.74) is 4.64. The lowest BCUT2D eigenvalue weighted by atomic mass is 9.94. The molecule has 3 aliphatic rings. The predicted octanol–water partition coefficient (Wildman–Crippen LogP) is 6.82. The summed E-state index contributed by atoms with van der Waals surface area (Å²) in [6.45, 7) is 5.26. The standard InChI is InChI=1S/C34H48O7/c35-31-13-11-27(12-14-31)30-23-28(7-5-19-39-32-9-1-3-17-37-32)34(41-25-26-15-21-36-22-16-26)29(24-30)8-6-20-40-33-10-2-4-18-38-33/h11-14,23-24,26,32-33,35H,1-10,15-22,25H2. The molecule has 0 saturated carbocycles. The molecule has 3 fully saturated rings. The largest absolute Gasteiger partial charge is 0.508 e. The number of hydrogen-bond donors (Lipinski definition) is 1. The first-order valence-corrected chi connectivity index (χ1v) is 15.9. The normalized spacial score (nSPS) is 22.0. The summed E-state index contributed by atoms with van der Waals surface area (Å²) in [4.78, 5) is 0. The van der Waals surface area contributed by atoms with Crippen LogP contribution in [0.4, 0.5) is 0 Å². The highest BCUT2D eigenvalue weighted by atomic mass is 16.7. The summed E-state index contributed by atoms with van der Waals surface area (Å²) >= 11 is 0. The minimum atomic E-state index is -0.0694. The molecule has 226 valence electrons. The molecule has 0 bridgehead atoms. The van der Waals surface area contributed by atoms with Crippen LogP contribution in [0.2, 0.25) is 0 Å². The van der Waals surface area contributed by atoms with E-state index in [2.05, 4.69) is 12.1 Å². The summed E-state index contributed by atoms with van der Waals surface area (Å²) in [6, 6.07) is 12.0. The quantitative estimate of drug-likeness (QED) is 0.251. The average Bonchev–Trinajstić information content (AvgIpc) is 3.02. The van der Waals surface area contributed by atoms with Crippen LogP contribution < -0.4 is 4.74 Å². The van der Waals surface area contributed by atoms with E-state index in [9.17, 15) is 5.11 Å². The van der Waals surface area contributed by atoms with E-state index in [4.69, 9.17) is 28.4 Å². The molecule has 2 unspecified atom stereocenters. The monoisotopic (exact) mass is 568 g/mol. The molecule has 2 atom stereocenters. The van der Waals surface area contributed by atoms with Gasteiger partial charge in [0.25, 0.3) is 0 Å². The second-order valence-corrected chi connectivity index (χ2v) is 11.6. The topological polar surface area (TPSA) is 75.6 Å². The molecule has 0 amide bonds. The molecular formula is C34H48O7. The Kier molecular flexibility index (Phi) is 12.2. The second-order valence-electron chi connectivity index (χ2n) is 11.6. The fraction of sp³-hybridized carbons (Fsp3) is 0.647. The first-order chi connectivity index (χ1) is 20.2. The average molecular weight is 569 g/mol. The number of phenols is 1. The van der Waals surface area contributed by atoms with E-state index in [0.717, 1.165) is 108 Å². The van der Waals surface area contributed by atoms with Crippen molar-refractivity contribution in [1.29, 1.82) is 0 Å². The zero-order chi connectivity index (χ0) is 28.1. The molecule has 3 aliphatic heterocycles. The molecule has 0 aromatic heterocycles. The van der Waals surface area contributed by atoms with Gasteiger partial charge in [-0.3, -0.25) is 0 Å². The van der Waals surface area contributed by atoms with Crippen LogP contribution >= 0.6 is 0 Å². The van der Waals surface area contributed by atoms with Gasteiger partial charge in [0.2, 0.25) is 0 Å². The minimum Gasteiger partial charge on any atom is -0.508 e. The highest BCUT2D eigenvalue weighted by Crippen LogP contribution is 2.35.